The van der Waals surface area contributed by atoms with Gasteiger partial charge >= 0.3 is 0 Å². The lowest BCUT2D eigenvalue weighted by molar-refractivity contribution is -0.106. The number of nitrogens with zero attached hydrogens (tertiary/aromatic N) is 2. The van der Waals surface area contributed by atoms with Gasteiger partial charge in [0.15, 0.2) is 0 Å². The Bertz CT molecular complexity index is 987. The first-order valence-electron chi connectivity index (χ1n) is 11.6. The summed E-state index contributed by atoms with van der Waals surface area (Å²) >= 11 is 0. The Balaban J connectivity index is 0.000000926. The zero-order valence-electron chi connectivity index (χ0n) is 21.0. The Kier molecular flexibility index (Phi) is 12.8. The van der Waals surface area contributed by atoms with Gasteiger partial charge in [0, 0.05) is 24.0 Å². The van der Waals surface area contributed by atoms with Gasteiger partial charge in [0.2, 0.25) is 6.41 Å². The van der Waals surface area contributed by atoms with Crippen molar-refractivity contribution >= 4 is 17.7 Å². The van der Waals surface area contributed by atoms with E-state index in [1.807, 2.05) is 25.3 Å². The molecule has 1 aliphatic carbocycles. The number of hydrogen-bond acceptors (Lipinski definition) is 6. The standard InChI is InChI=1S/C24H31FN4.C2H5N.CH3NO/c1-17-22(15-21(16-29-17)27-13-10-24(2,3)25)20-9-12-28-23(14-20)19(8-11-26)7-6-18-4-5-18;1-2-3;2-1-3/h7-9,11-12,14-16,18,27H,4-6,10,13,26H2,1-3H3;2H,1,3H2;1H,(H2,2,3)/b11-8-,19-7+;;. The van der Waals surface area contributed by atoms with E-state index in [2.05, 4.69) is 51.5 Å². The van der Waals surface area contributed by atoms with Gasteiger partial charge < -0.3 is 22.5 Å². The summed E-state index contributed by atoms with van der Waals surface area (Å²) in [5, 5.41) is 3.28. The molecule has 3 rings (SSSR count). The lowest BCUT2D eigenvalue weighted by Crippen LogP contribution is -2.17. The van der Waals surface area contributed by atoms with E-state index < -0.39 is 5.67 Å². The predicted molar refractivity (Wildman–Crippen MR) is 144 cm³/mol. The van der Waals surface area contributed by atoms with Crippen molar-refractivity contribution in [2.75, 3.05) is 11.9 Å². The number of allylic oxidation sites excluding steroid dienone is 3. The highest BCUT2D eigenvalue weighted by atomic mass is 19.1. The molecule has 0 unspecified atom stereocenters. The molecule has 0 aliphatic heterocycles. The maximum atomic E-state index is 13.7. The Hall–Kier alpha value is -3.68. The van der Waals surface area contributed by atoms with Crippen molar-refractivity contribution < 1.29 is 9.18 Å². The van der Waals surface area contributed by atoms with Gasteiger partial charge in [0.05, 0.1) is 17.6 Å². The first-order chi connectivity index (χ1) is 16.7. The highest BCUT2D eigenvalue weighted by molar-refractivity contribution is 5.77. The van der Waals surface area contributed by atoms with Gasteiger partial charge in [-0.2, -0.15) is 0 Å². The largest absolute Gasteiger partial charge is 0.405 e. The summed E-state index contributed by atoms with van der Waals surface area (Å²) in [6.07, 6.45) is 15.0. The van der Waals surface area contributed by atoms with Crippen molar-refractivity contribution in [3.05, 3.63) is 73.1 Å². The fourth-order valence-electron chi connectivity index (χ4n) is 3.19. The monoisotopic (exact) mass is 482 g/mol. The minimum absolute atomic E-state index is 0.250. The number of hydrogen-bond donors (Lipinski definition) is 4. The van der Waals surface area contributed by atoms with Crippen LogP contribution in [0.15, 0.2) is 61.7 Å². The zero-order chi connectivity index (χ0) is 26.3. The van der Waals surface area contributed by atoms with E-state index in [-0.39, 0.29) is 6.41 Å². The summed E-state index contributed by atoms with van der Waals surface area (Å²) in [7, 11) is 0. The number of nitrogens with one attached hydrogen (secondary N) is 1. The molecule has 0 radical (unpaired) electrons. The number of rotatable bonds is 9. The number of nitrogens with two attached hydrogens (primary N) is 3. The number of aryl methyl sites for hydroxylation is 1. The highest BCUT2D eigenvalue weighted by Crippen LogP contribution is 2.34. The second kappa shape index (κ2) is 15.3. The molecule has 1 amide bonds. The molecule has 7 N–H and O–H groups in total. The van der Waals surface area contributed by atoms with Crippen molar-refractivity contribution in [1.29, 1.82) is 0 Å². The number of aromatic nitrogens is 2. The summed E-state index contributed by atoms with van der Waals surface area (Å²) in [5.41, 5.74) is 19.1. The van der Waals surface area contributed by atoms with Gasteiger partial charge in [-0.3, -0.25) is 14.8 Å². The van der Waals surface area contributed by atoms with E-state index in [1.54, 1.807) is 26.2 Å². The van der Waals surface area contributed by atoms with Crippen LogP contribution in [-0.2, 0) is 4.79 Å². The Labute approximate surface area is 208 Å². The summed E-state index contributed by atoms with van der Waals surface area (Å²) in [4.78, 5) is 17.7. The minimum atomic E-state index is -1.19. The molecule has 0 spiro atoms. The summed E-state index contributed by atoms with van der Waals surface area (Å²) < 4.78 is 13.7. The molecule has 8 heteroatoms. The number of amides is 1. The number of carbonyl (C=O) groups excluding carboxylic acids is 1. The normalized spacial score (nSPS) is 13.2. The molecule has 2 heterocycles. The van der Waals surface area contributed by atoms with Gasteiger partial charge in [-0.1, -0.05) is 12.7 Å². The molecule has 1 fully saturated rings. The Morgan fingerprint density at radius 2 is 1.91 bits per heavy atom. The average Bonchev–Trinajstić information content (AvgIpc) is 3.63. The highest BCUT2D eigenvalue weighted by Gasteiger charge is 2.20. The van der Waals surface area contributed by atoms with Crippen molar-refractivity contribution in [3.63, 3.8) is 0 Å². The number of primary amides is 1. The number of pyridine rings is 2. The van der Waals surface area contributed by atoms with Crippen LogP contribution in [0, 0.1) is 12.8 Å². The van der Waals surface area contributed by atoms with E-state index in [4.69, 9.17) is 10.5 Å². The quantitative estimate of drug-likeness (QED) is 0.298. The van der Waals surface area contributed by atoms with Crippen LogP contribution < -0.4 is 22.5 Å². The second-order valence-electron chi connectivity index (χ2n) is 8.75. The molecular weight excluding hydrogens is 443 g/mol. The minimum Gasteiger partial charge on any atom is -0.405 e. The van der Waals surface area contributed by atoms with Crippen LogP contribution in [0.4, 0.5) is 10.1 Å². The van der Waals surface area contributed by atoms with Crippen molar-refractivity contribution in [2.45, 2.75) is 52.1 Å². The number of halogens is 1. The first kappa shape index (κ1) is 29.4. The second-order valence-corrected chi connectivity index (χ2v) is 8.75. The summed E-state index contributed by atoms with van der Waals surface area (Å²) in [5.74, 6) is 0.808. The van der Waals surface area contributed by atoms with Crippen LogP contribution in [0.3, 0.4) is 0 Å². The number of carbonyl (C=O) groups is 1. The zero-order valence-corrected chi connectivity index (χ0v) is 21.0. The maximum absolute atomic E-state index is 13.7. The molecule has 1 saturated carbocycles. The smallest absolute Gasteiger partial charge is 0.204 e. The number of anilines is 1. The Morgan fingerprint density at radius 3 is 2.49 bits per heavy atom. The van der Waals surface area contributed by atoms with Crippen LogP contribution in [0.1, 0.15) is 50.9 Å². The molecule has 0 atom stereocenters. The Morgan fingerprint density at radius 1 is 1.26 bits per heavy atom. The molecule has 7 nitrogen and oxygen atoms in total. The molecule has 0 saturated heterocycles. The predicted octanol–water partition coefficient (Wildman–Crippen LogP) is 4.85. The number of alkyl halides is 1. The molecule has 2 aromatic rings. The topological polar surface area (TPSA) is 133 Å². The molecule has 2 aromatic heterocycles. The van der Waals surface area contributed by atoms with Crippen molar-refractivity contribution in [1.82, 2.24) is 9.97 Å². The molecular formula is C27H39FN6O. The fourth-order valence-corrected chi connectivity index (χ4v) is 3.19. The van der Waals surface area contributed by atoms with Crippen LogP contribution in [0.2, 0.25) is 0 Å². The van der Waals surface area contributed by atoms with Gasteiger partial charge in [0.1, 0.15) is 5.67 Å². The van der Waals surface area contributed by atoms with E-state index in [1.165, 1.54) is 19.0 Å². The summed E-state index contributed by atoms with van der Waals surface area (Å²) in [6.45, 7) is 8.88. The third-order valence-electron chi connectivity index (χ3n) is 5.15. The average molecular weight is 483 g/mol. The molecule has 1 aliphatic rings. The summed E-state index contributed by atoms with van der Waals surface area (Å²) in [6, 6.07) is 6.14. The van der Waals surface area contributed by atoms with Crippen LogP contribution in [-0.4, -0.2) is 28.6 Å². The molecule has 190 valence electrons. The van der Waals surface area contributed by atoms with Gasteiger partial charge in [-0.15, -0.1) is 0 Å². The SMILES string of the molecule is C=CN.Cc1ncc(NCCC(C)(C)F)cc1-c1ccnc(C(/C=C\N)=C/CC2CC2)c1.NC=O. The van der Waals surface area contributed by atoms with Crippen molar-refractivity contribution in [2.24, 2.45) is 23.1 Å². The van der Waals surface area contributed by atoms with Gasteiger partial charge in [-0.25, -0.2) is 4.39 Å². The van der Waals surface area contributed by atoms with Crippen LogP contribution in [0.25, 0.3) is 16.7 Å². The van der Waals surface area contributed by atoms with E-state index in [0.29, 0.717) is 13.0 Å². The molecule has 35 heavy (non-hydrogen) atoms. The fraction of sp³-hybridized carbons (Fsp3) is 0.370. The van der Waals surface area contributed by atoms with E-state index in [9.17, 15) is 4.39 Å². The molecule has 0 aromatic carbocycles. The molecule has 0 bridgehead atoms. The van der Waals surface area contributed by atoms with Crippen LogP contribution >= 0.6 is 0 Å². The lowest BCUT2D eigenvalue weighted by atomic mass is 10.0. The lowest BCUT2D eigenvalue weighted by Gasteiger charge is -2.15. The third kappa shape index (κ3) is 11.8. The van der Waals surface area contributed by atoms with Crippen LogP contribution in [0.5, 0.6) is 0 Å². The van der Waals surface area contributed by atoms with E-state index >= 15 is 0 Å². The van der Waals surface area contributed by atoms with Gasteiger partial charge in [0.25, 0.3) is 0 Å². The maximum Gasteiger partial charge on any atom is 0.204 e. The van der Waals surface area contributed by atoms with E-state index in [0.717, 1.165) is 46.1 Å². The third-order valence-corrected chi connectivity index (χ3v) is 5.15. The first-order valence-corrected chi connectivity index (χ1v) is 11.6. The van der Waals surface area contributed by atoms with Crippen molar-refractivity contribution in [3.8, 4) is 11.1 Å². The van der Waals surface area contributed by atoms with Gasteiger partial charge in [-0.05, 0) is 100 Å².